The molecular formula is C45H50O10. The van der Waals surface area contributed by atoms with E-state index in [2.05, 4.69) is 0 Å². The monoisotopic (exact) mass is 750 g/mol. The molecule has 6 atom stereocenters. The molecule has 1 aliphatic carbocycles. The molecule has 0 aliphatic heterocycles. The molecule has 290 valence electrons. The molecule has 1 unspecified atom stereocenters. The van der Waals surface area contributed by atoms with Gasteiger partial charge in [-0.2, -0.15) is 0 Å². The largest absolute Gasteiger partial charge is 0.497 e. The van der Waals surface area contributed by atoms with Crippen LogP contribution in [0.1, 0.15) is 27.8 Å². The standard InChI is InChI=1S/C45H50O10/c1-47-38-22-18-36(19-23-38)29-52-44-42(55-32-50-27-34-14-8-4-9-15-34)40(46)41(54-31-49-26-33-12-6-3-7-13-33)43(51-28-35-16-10-5-11-17-35)45(44)53-30-37-20-24-39(48-2)25-21-37/h3-25,40-46H,26-32H2,1-2H3/t40?,41-,42-,43-,44+,45+/m0/s1. The lowest BCUT2D eigenvalue weighted by Crippen LogP contribution is -2.67. The average molecular weight is 751 g/mol. The molecule has 0 spiro atoms. The summed E-state index contributed by atoms with van der Waals surface area (Å²) in [6.45, 7) is 1.09. The summed E-state index contributed by atoms with van der Waals surface area (Å²) in [6, 6.07) is 44.8. The van der Waals surface area contributed by atoms with Gasteiger partial charge in [0.05, 0.1) is 47.3 Å². The molecule has 55 heavy (non-hydrogen) atoms. The van der Waals surface area contributed by atoms with Crippen molar-refractivity contribution in [3.8, 4) is 11.5 Å². The second-order valence-corrected chi connectivity index (χ2v) is 13.2. The highest BCUT2D eigenvalue weighted by Crippen LogP contribution is 2.34. The molecule has 1 fully saturated rings. The SMILES string of the molecule is COc1ccc(CO[C@@H]2[C@@H](OCc3ccccc3)[C@@H](OCOCc3ccccc3)C(O)[C@H](OCOCc3ccccc3)[C@H]2OCc2ccc(OC)cc2)cc1. The first-order chi connectivity index (χ1) is 27.1. The predicted octanol–water partition coefficient (Wildman–Crippen LogP) is 7.25. The molecule has 5 aromatic rings. The van der Waals surface area contributed by atoms with Crippen LogP contribution < -0.4 is 9.47 Å². The molecule has 0 aromatic heterocycles. The van der Waals surface area contributed by atoms with Gasteiger partial charge in [0, 0.05) is 0 Å². The van der Waals surface area contributed by atoms with Crippen LogP contribution in [-0.4, -0.2) is 69.5 Å². The number of methoxy groups -OCH3 is 2. The fourth-order valence-electron chi connectivity index (χ4n) is 6.41. The maximum atomic E-state index is 12.2. The zero-order valence-electron chi connectivity index (χ0n) is 31.3. The van der Waals surface area contributed by atoms with Crippen LogP contribution >= 0.6 is 0 Å². The van der Waals surface area contributed by atoms with Crippen molar-refractivity contribution in [2.45, 2.75) is 69.7 Å². The van der Waals surface area contributed by atoms with Gasteiger partial charge >= 0.3 is 0 Å². The summed E-state index contributed by atoms with van der Waals surface area (Å²) in [4.78, 5) is 0. The van der Waals surface area contributed by atoms with E-state index in [9.17, 15) is 5.11 Å². The van der Waals surface area contributed by atoms with Gasteiger partial charge in [0.25, 0.3) is 0 Å². The molecular weight excluding hydrogens is 700 g/mol. The van der Waals surface area contributed by atoms with Gasteiger partial charge in [-0.1, -0.05) is 115 Å². The number of aliphatic hydroxyl groups excluding tert-OH is 1. The van der Waals surface area contributed by atoms with Crippen LogP contribution in [0.2, 0.25) is 0 Å². The van der Waals surface area contributed by atoms with E-state index in [1.165, 1.54) is 0 Å². The molecule has 1 saturated carbocycles. The molecule has 6 rings (SSSR count). The fraction of sp³-hybridized carbons (Fsp3) is 0.333. The predicted molar refractivity (Wildman–Crippen MR) is 206 cm³/mol. The minimum absolute atomic E-state index is 0.110. The van der Waals surface area contributed by atoms with E-state index in [4.69, 9.17) is 42.6 Å². The van der Waals surface area contributed by atoms with Crippen molar-refractivity contribution in [3.63, 3.8) is 0 Å². The maximum Gasteiger partial charge on any atom is 0.147 e. The summed E-state index contributed by atoms with van der Waals surface area (Å²) in [6.07, 6.45) is -5.49. The van der Waals surface area contributed by atoms with Crippen molar-refractivity contribution < 1.29 is 47.7 Å². The van der Waals surface area contributed by atoms with Gasteiger partial charge < -0.3 is 47.7 Å². The number of hydrogen-bond acceptors (Lipinski definition) is 10. The van der Waals surface area contributed by atoms with Gasteiger partial charge in [-0.3, -0.25) is 0 Å². The Morgan fingerprint density at radius 1 is 0.364 bits per heavy atom. The second kappa shape index (κ2) is 21.5. The third-order valence-electron chi connectivity index (χ3n) is 9.37. The zero-order chi connectivity index (χ0) is 38.1. The first kappa shape index (κ1) is 40.1. The number of ether oxygens (including phenoxy) is 9. The molecule has 0 amide bonds. The third kappa shape index (κ3) is 11.9. The van der Waals surface area contributed by atoms with E-state index < -0.39 is 36.6 Å². The van der Waals surface area contributed by atoms with Crippen molar-refractivity contribution in [3.05, 3.63) is 167 Å². The van der Waals surface area contributed by atoms with Gasteiger partial charge in [0.1, 0.15) is 61.7 Å². The highest BCUT2D eigenvalue weighted by Gasteiger charge is 2.54. The maximum absolute atomic E-state index is 12.2. The lowest BCUT2D eigenvalue weighted by atomic mass is 9.84. The van der Waals surface area contributed by atoms with E-state index in [0.29, 0.717) is 13.2 Å². The van der Waals surface area contributed by atoms with Gasteiger partial charge in [0.2, 0.25) is 0 Å². The van der Waals surface area contributed by atoms with Crippen molar-refractivity contribution in [1.29, 1.82) is 0 Å². The van der Waals surface area contributed by atoms with E-state index in [1.807, 2.05) is 140 Å². The molecule has 0 bridgehead atoms. The second-order valence-electron chi connectivity index (χ2n) is 13.2. The smallest absolute Gasteiger partial charge is 0.147 e. The summed E-state index contributed by atoms with van der Waals surface area (Å²) in [7, 11) is 3.26. The third-order valence-corrected chi connectivity index (χ3v) is 9.37. The fourth-order valence-corrected chi connectivity index (χ4v) is 6.41. The minimum atomic E-state index is -1.22. The summed E-state index contributed by atoms with van der Waals surface area (Å²) in [5.74, 6) is 1.47. The lowest BCUT2D eigenvalue weighted by molar-refractivity contribution is -0.299. The summed E-state index contributed by atoms with van der Waals surface area (Å²) < 4.78 is 55.6. The molecule has 0 heterocycles. The Morgan fingerprint density at radius 3 is 1.02 bits per heavy atom. The van der Waals surface area contributed by atoms with Gasteiger partial charge in [-0.05, 0) is 52.1 Å². The summed E-state index contributed by atoms with van der Waals surface area (Å²) >= 11 is 0. The number of rotatable bonds is 21. The van der Waals surface area contributed by atoms with Gasteiger partial charge in [-0.15, -0.1) is 0 Å². The van der Waals surface area contributed by atoms with Crippen molar-refractivity contribution in [2.24, 2.45) is 0 Å². The van der Waals surface area contributed by atoms with Gasteiger partial charge in [-0.25, -0.2) is 0 Å². The van der Waals surface area contributed by atoms with E-state index >= 15 is 0 Å². The van der Waals surface area contributed by atoms with E-state index in [1.54, 1.807) is 14.2 Å². The van der Waals surface area contributed by atoms with E-state index in [-0.39, 0.29) is 33.4 Å². The van der Waals surface area contributed by atoms with Crippen LogP contribution in [0, 0.1) is 0 Å². The molecule has 1 N–H and O–H groups in total. The Hall–Kier alpha value is -4.62. The summed E-state index contributed by atoms with van der Waals surface area (Å²) in [5.41, 5.74) is 4.76. The highest BCUT2D eigenvalue weighted by molar-refractivity contribution is 5.28. The van der Waals surface area contributed by atoms with Crippen molar-refractivity contribution in [1.82, 2.24) is 0 Å². The molecule has 10 heteroatoms. The van der Waals surface area contributed by atoms with Gasteiger partial charge in [0.15, 0.2) is 0 Å². The Balaban J connectivity index is 1.29. The van der Waals surface area contributed by atoms with Crippen LogP contribution in [0.5, 0.6) is 11.5 Å². The Bertz CT molecular complexity index is 1770. The lowest BCUT2D eigenvalue weighted by Gasteiger charge is -2.48. The number of aliphatic hydroxyl groups is 1. The topological polar surface area (TPSA) is 103 Å². The van der Waals surface area contributed by atoms with Crippen LogP contribution in [0.15, 0.2) is 140 Å². The van der Waals surface area contributed by atoms with Crippen LogP contribution in [0.3, 0.4) is 0 Å². The molecule has 10 nitrogen and oxygen atoms in total. The summed E-state index contributed by atoms with van der Waals surface area (Å²) in [5, 5.41) is 12.2. The van der Waals surface area contributed by atoms with Crippen LogP contribution in [0.25, 0.3) is 0 Å². The molecule has 0 radical (unpaired) electrons. The molecule has 0 saturated heterocycles. The minimum Gasteiger partial charge on any atom is -0.497 e. The quantitative estimate of drug-likeness (QED) is 0.0610. The first-order valence-corrected chi connectivity index (χ1v) is 18.4. The van der Waals surface area contributed by atoms with Crippen molar-refractivity contribution in [2.75, 3.05) is 27.8 Å². The van der Waals surface area contributed by atoms with Crippen LogP contribution in [0.4, 0.5) is 0 Å². The molecule has 5 aromatic carbocycles. The Labute approximate surface area is 323 Å². The first-order valence-electron chi connectivity index (χ1n) is 18.4. The van der Waals surface area contributed by atoms with E-state index in [0.717, 1.165) is 39.3 Å². The van der Waals surface area contributed by atoms with Crippen LogP contribution in [-0.2, 0) is 66.2 Å². The average Bonchev–Trinajstić information content (AvgIpc) is 3.24. The highest BCUT2D eigenvalue weighted by atomic mass is 16.7. The Morgan fingerprint density at radius 2 is 0.673 bits per heavy atom. The number of hydrogen-bond donors (Lipinski definition) is 1. The normalized spacial score (nSPS) is 20.9. The van der Waals surface area contributed by atoms with Crippen molar-refractivity contribution >= 4 is 0 Å². The number of benzene rings is 5. The molecule has 1 aliphatic rings. The Kier molecular flexibility index (Phi) is 15.6. The zero-order valence-corrected chi connectivity index (χ0v) is 31.3.